The molecule has 1 N–H and O–H groups in total. The molecule has 0 bridgehead atoms. The van der Waals surface area contributed by atoms with Crippen LogP contribution in [0.15, 0.2) is 24.3 Å². The number of hydrogen-bond acceptors (Lipinski definition) is 5. The molecule has 0 aliphatic rings. The van der Waals surface area contributed by atoms with Crippen molar-refractivity contribution in [3.63, 3.8) is 0 Å². The van der Waals surface area contributed by atoms with Crippen LogP contribution in [-0.4, -0.2) is 45.8 Å². The fourth-order valence-corrected chi connectivity index (χ4v) is 2.68. The fraction of sp³-hybridized carbons (Fsp3) is 0.333. The van der Waals surface area contributed by atoms with Gasteiger partial charge in [0.2, 0.25) is 5.91 Å². The van der Waals surface area contributed by atoms with E-state index in [1.54, 1.807) is 18.2 Å². The van der Waals surface area contributed by atoms with E-state index in [1.807, 2.05) is 0 Å². The monoisotopic (exact) mass is 285 g/mol. The number of ether oxygens (including phenoxy) is 1. The molecule has 0 atom stereocenters. The number of Topliss-reactive ketones (excluding diaryl/α,β-unsaturated/α-hetero) is 1. The van der Waals surface area contributed by atoms with Crippen LogP contribution in [0.1, 0.15) is 10.4 Å². The Hall–Kier alpha value is -1.89. The van der Waals surface area contributed by atoms with E-state index in [0.29, 0.717) is 5.75 Å². The van der Waals surface area contributed by atoms with E-state index >= 15 is 0 Å². The van der Waals surface area contributed by atoms with Gasteiger partial charge in [0.05, 0.1) is 12.7 Å². The van der Waals surface area contributed by atoms with E-state index in [4.69, 9.17) is 4.74 Å². The molecule has 0 aliphatic heterocycles. The molecule has 0 saturated heterocycles. The molecule has 0 aliphatic carbocycles. The van der Waals surface area contributed by atoms with E-state index in [0.717, 1.165) is 0 Å². The molecule has 7 heteroatoms. The molecular formula is C12H15NO5S. The van der Waals surface area contributed by atoms with Crippen molar-refractivity contribution in [3.8, 4) is 5.75 Å². The zero-order valence-electron chi connectivity index (χ0n) is 10.7. The molecule has 0 fully saturated rings. The maximum absolute atomic E-state index is 11.9. The average molecular weight is 285 g/mol. The molecule has 19 heavy (non-hydrogen) atoms. The Morgan fingerprint density at radius 2 is 1.84 bits per heavy atom. The lowest BCUT2D eigenvalue weighted by molar-refractivity contribution is -0.118. The molecule has 1 aromatic rings. The molecule has 104 valence electrons. The Morgan fingerprint density at radius 1 is 1.21 bits per heavy atom. The molecule has 1 amide bonds. The largest absolute Gasteiger partial charge is 0.496 e. The molecule has 1 rings (SSSR count). The highest BCUT2D eigenvalue weighted by atomic mass is 32.2. The third-order valence-corrected chi connectivity index (χ3v) is 3.79. The van der Waals surface area contributed by atoms with Crippen LogP contribution in [0.5, 0.6) is 5.75 Å². The summed E-state index contributed by atoms with van der Waals surface area (Å²) >= 11 is 0. The Labute approximate surface area is 111 Å². The van der Waals surface area contributed by atoms with E-state index in [9.17, 15) is 18.0 Å². The molecule has 0 radical (unpaired) electrons. The standard InChI is InChI=1S/C12H15NO5S/c1-13-12(15)8-19(16,17)7-10(14)9-5-3-4-6-11(9)18-2/h3-6H,7-8H2,1-2H3,(H,13,15). The molecular weight excluding hydrogens is 270 g/mol. The minimum absolute atomic E-state index is 0.186. The zero-order valence-corrected chi connectivity index (χ0v) is 11.5. The van der Waals surface area contributed by atoms with Crippen LogP contribution in [0.3, 0.4) is 0 Å². The summed E-state index contributed by atoms with van der Waals surface area (Å²) in [5, 5.41) is 2.20. The SMILES string of the molecule is CNC(=O)CS(=O)(=O)CC(=O)c1ccccc1OC. The molecule has 0 aromatic heterocycles. The summed E-state index contributed by atoms with van der Waals surface area (Å²) in [7, 11) is -1.06. The van der Waals surface area contributed by atoms with Crippen LogP contribution < -0.4 is 10.1 Å². The van der Waals surface area contributed by atoms with Crippen molar-refractivity contribution in [1.29, 1.82) is 0 Å². The number of sulfone groups is 1. The van der Waals surface area contributed by atoms with Crippen molar-refractivity contribution >= 4 is 21.5 Å². The average Bonchev–Trinajstić information content (AvgIpc) is 2.37. The van der Waals surface area contributed by atoms with E-state index in [-0.39, 0.29) is 5.56 Å². The smallest absolute Gasteiger partial charge is 0.234 e. The molecule has 0 heterocycles. The Bertz CT molecular complexity index is 580. The third-order valence-electron chi connectivity index (χ3n) is 2.39. The summed E-state index contributed by atoms with van der Waals surface area (Å²) < 4.78 is 28.3. The number of carbonyl (C=O) groups excluding carboxylic acids is 2. The second-order valence-electron chi connectivity index (χ2n) is 3.83. The maximum Gasteiger partial charge on any atom is 0.234 e. The zero-order chi connectivity index (χ0) is 14.5. The number of para-hydroxylation sites is 1. The fourth-order valence-electron chi connectivity index (χ4n) is 1.48. The Morgan fingerprint density at radius 3 is 2.42 bits per heavy atom. The number of methoxy groups -OCH3 is 1. The quantitative estimate of drug-likeness (QED) is 0.745. The van der Waals surface area contributed by atoms with Crippen LogP contribution in [0, 0.1) is 0 Å². The first-order chi connectivity index (χ1) is 8.89. The van der Waals surface area contributed by atoms with Crippen LogP contribution in [-0.2, 0) is 14.6 Å². The Balaban J connectivity index is 2.88. The number of ketones is 1. The van der Waals surface area contributed by atoms with Crippen molar-refractivity contribution in [2.75, 3.05) is 25.7 Å². The number of hydrogen-bond donors (Lipinski definition) is 1. The van der Waals surface area contributed by atoms with Crippen LogP contribution in [0.25, 0.3) is 0 Å². The summed E-state index contributed by atoms with van der Waals surface area (Å²) in [6.45, 7) is 0. The number of nitrogens with one attached hydrogen (secondary N) is 1. The minimum atomic E-state index is -3.78. The number of rotatable bonds is 6. The van der Waals surface area contributed by atoms with Gasteiger partial charge in [-0.05, 0) is 12.1 Å². The van der Waals surface area contributed by atoms with Gasteiger partial charge in [-0.15, -0.1) is 0 Å². The number of amides is 1. The topological polar surface area (TPSA) is 89.5 Å². The number of carbonyl (C=O) groups is 2. The first-order valence-electron chi connectivity index (χ1n) is 5.47. The second-order valence-corrected chi connectivity index (χ2v) is 5.89. The minimum Gasteiger partial charge on any atom is -0.496 e. The summed E-state index contributed by atoms with van der Waals surface area (Å²) in [6.07, 6.45) is 0. The van der Waals surface area contributed by atoms with Crippen molar-refractivity contribution < 1.29 is 22.7 Å². The predicted molar refractivity (Wildman–Crippen MR) is 70.0 cm³/mol. The Kier molecular flexibility index (Phi) is 5.05. The summed E-state index contributed by atoms with van der Waals surface area (Å²) in [6, 6.07) is 6.34. The van der Waals surface area contributed by atoms with Gasteiger partial charge in [0.15, 0.2) is 15.6 Å². The van der Waals surface area contributed by atoms with E-state index < -0.39 is 33.0 Å². The molecule has 6 nitrogen and oxygen atoms in total. The van der Waals surface area contributed by atoms with Gasteiger partial charge < -0.3 is 10.1 Å². The van der Waals surface area contributed by atoms with Crippen LogP contribution >= 0.6 is 0 Å². The summed E-state index contributed by atoms with van der Waals surface area (Å²) in [5.41, 5.74) is 0.186. The first kappa shape index (κ1) is 15.2. The number of benzene rings is 1. The van der Waals surface area contributed by atoms with Crippen molar-refractivity contribution in [2.24, 2.45) is 0 Å². The van der Waals surface area contributed by atoms with Gasteiger partial charge in [0, 0.05) is 7.05 Å². The van der Waals surface area contributed by atoms with Gasteiger partial charge in [0.1, 0.15) is 17.3 Å². The van der Waals surface area contributed by atoms with Gasteiger partial charge in [-0.25, -0.2) is 8.42 Å². The molecule has 0 unspecified atom stereocenters. The predicted octanol–water partition coefficient (Wildman–Crippen LogP) is 0.0387. The highest BCUT2D eigenvalue weighted by Crippen LogP contribution is 2.18. The van der Waals surface area contributed by atoms with Crippen molar-refractivity contribution in [2.45, 2.75) is 0 Å². The van der Waals surface area contributed by atoms with Gasteiger partial charge >= 0.3 is 0 Å². The van der Waals surface area contributed by atoms with Gasteiger partial charge in [-0.1, -0.05) is 12.1 Å². The molecule has 0 saturated carbocycles. The maximum atomic E-state index is 11.9. The van der Waals surface area contributed by atoms with Crippen LogP contribution in [0.2, 0.25) is 0 Å². The molecule has 1 aromatic carbocycles. The van der Waals surface area contributed by atoms with Gasteiger partial charge in [0.25, 0.3) is 0 Å². The second kappa shape index (κ2) is 6.33. The highest BCUT2D eigenvalue weighted by Gasteiger charge is 2.22. The van der Waals surface area contributed by atoms with Gasteiger partial charge in [-0.2, -0.15) is 0 Å². The summed E-state index contributed by atoms with van der Waals surface area (Å²) in [4.78, 5) is 23.0. The lowest BCUT2D eigenvalue weighted by Crippen LogP contribution is -2.30. The van der Waals surface area contributed by atoms with Crippen LogP contribution in [0.4, 0.5) is 0 Å². The van der Waals surface area contributed by atoms with E-state index in [1.165, 1.54) is 20.2 Å². The van der Waals surface area contributed by atoms with Crippen molar-refractivity contribution in [1.82, 2.24) is 5.32 Å². The van der Waals surface area contributed by atoms with Crippen molar-refractivity contribution in [3.05, 3.63) is 29.8 Å². The summed E-state index contributed by atoms with van der Waals surface area (Å²) in [5.74, 6) is -2.36. The lowest BCUT2D eigenvalue weighted by Gasteiger charge is -2.07. The third kappa shape index (κ3) is 4.36. The molecule has 0 spiro atoms. The van der Waals surface area contributed by atoms with E-state index in [2.05, 4.69) is 5.32 Å². The lowest BCUT2D eigenvalue weighted by atomic mass is 10.1. The normalized spacial score (nSPS) is 10.8. The first-order valence-corrected chi connectivity index (χ1v) is 7.29. The van der Waals surface area contributed by atoms with Gasteiger partial charge in [-0.3, -0.25) is 9.59 Å². The highest BCUT2D eigenvalue weighted by molar-refractivity contribution is 7.92.